The summed E-state index contributed by atoms with van der Waals surface area (Å²) in [6.07, 6.45) is 1.97. The molecule has 1 fully saturated rings. The molecule has 1 amide bonds. The van der Waals surface area contributed by atoms with E-state index in [0.29, 0.717) is 25.9 Å². The number of amides is 1. The van der Waals surface area contributed by atoms with Gasteiger partial charge in [0.05, 0.1) is 5.92 Å². The van der Waals surface area contributed by atoms with E-state index in [1.54, 1.807) is 11.8 Å². The second-order valence-corrected chi connectivity index (χ2v) is 4.72. The SMILES string of the molecule is CCC(C)(OC)C(=O)N1CCC[C@@H](C(=O)O)C1. The summed E-state index contributed by atoms with van der Waals surface area (Å²) >= 11 is 0. The number of hydrogen-bond acceptors (Lipinski definition) is 3. The molecule has 5 nitrogen and oxygen atoms in total. The van der Waals surface area contributed by atoms with Gasteiger partial charge >= 0.3 is 5.97 Å². The minimum atomic E-state index is -0.833. The van der Waals surface area contributed by atoms with E-state index in [0.717, 1.165) is 6.42 Å². The van der Waals surface area contributed by atoms with Gasteiger partial charge in [0, 0.05) is 20.2 Å². The summed E-state index contributed by atoms with van der Waals surface area (Å²) in [5.74, 6) is -1.36. The number of nitrogens with zero attached hydrogens (tertiary/aromatic N) is 1. The van der Waals surface area contributed by atoms with Gasteiger partial charge in [-0.15, -0.1) is 0 Å². The van der Waals surface area contributed by atoms with Gasteiger partial charge in [-0.25, -0.2) is 0 Å². The molecule has 0 aliphatic carbocycles. The van der Waals surface area contributed by atoms with E-state index in [1.165, 1.54) is 7.11 Å². The van der Waals surface area contributed by atoms with Gasteiger partial charge < -0.3 is 14.7 Å². The predicted octanol–water partition coefficient (Wildman–Crippen LogP) is 1.12. The number of piperidine rings is 1. The molecule has 0 aromatic heterocycles. The number of carboxylic acids is 1. The summed E-state index contributed by atoms with van der Waals surface area (Å²) in [6.45, 7) is 4.56. The quantitative estimate of drug-likeness (QED) is 0.803. The van der Waals surface area contributed by atoms with E-state index < -0.39 is 17.5 Å². The monoisotopic (exact) mass is 243 g/mol. The molecule has 2 atom stereocenters. The van der Waals surface area contributed by atoms with E-state index in [4.69, 9.17) is 9.84 Å². The number of carboxylic acid groups (broad SMARTS) is 1. The predicted molar refractivity (Wildman–Crippen MR) is 62.6 cm³/mol. The highest BCUT2D eigenvalue weighted by Crippen LogP contribution is 2.23. The maximum atomic E-state index is 12.3. The molecule has 0 aromatic rings. The van der Waals surface area contributed by atoms with Crippen LogP contribution in [0.3, 0.4) is 0 Å². The van der Waals surface area contributed by atoms with E-state index >= 15 is 0 Å². The number of hydrogen-bond donors (Lipinski definition) is 1. The molecule has 0 bridgehead atoms. The Balaban J connectivity index is 2.72. The Morgan fingerprint density at radius 3 is 2.65 bits per heavy atom. The second kappa shape index (κ2) is 5.49. The number of carbonyl (C=O) groups excluding carboxylic acids is 1. The van der Waals surface area contributed by atoms with Crippen LogP contribution in [0.4, 0.5) is 0 Å². The zero-order valence-corrected chi connectivity index (χ0v) is 10.7. The summed E-state index contributed by atoms with van der Waals surface area (Å²) in [6, 6.07) is 0. The fraction of sp³-hybridized carbons (Fsp3) is 0.833. The largest absolute Gasteiger partial charge is 0.481 e. The summed E-state index contributed by atoms with van der Waals surface area (Å²) in [7, 11) is 1.51. The van der Waals surface area contributed by atoms with Crippen molar-refractivity contribution < 1.29 is 19.4 Å². The molecule has 17 heavy (non-hydrogen) atoms. The van der Waals surface area contributed by atoms with Crippen molar-refractivity contribution >= 4 is 11.9 Å². The summed E-state index contributed by atoms with van der Waals surface area (Å²) in [5, 5.41) is 8.99. The lowest BCUT2D eigenvalue weighted by atomic mass is 9.94. The van der Waals surface area contributed by atoms with Gasteiger partial charge in [-0.3, -0.25) is 9.59 Å². The van der Waals surface area contributed by atoms with E-state index in [-0.39, 0.29) is 5.91 Å². The van der Waals surface area contributed by atoms with Crippen LogP contribution in [0.25, 0.3) is 0 Å². The molecule has 98 valence electrons. The molecule has 0 saturated carbocycles. The van der Waals surface area contributed by atoms with Crippen LogP contribution in [0, 0.1) is 5.92 Å². The molecule has 0 radical (unpaired) electrons. The minimum absolute atomic E-state index is 0.103. The molecule has 1 N–H and O–H groups in total. The van der Waals surface area contributed by atoms with Crippen molar-refractivity contribution in [3.63, 3.8) is 0 Å². The van der Waals surface area contributed by atoms with Crippen molar-refractivity contribution in [1.82, 2.24) is 4.90 Å². The first kappa shape index (κ1) is 14.0. The number of aliphatic carboxylic acids is 1. The molecule has 1 aliphatic heterocycles. The lowest BCUT2D eigenvalue weighted by Crippen LogP contribution is -2.52. The Morgan fingerprint density at radius 1 is 1.53 bits per heavy atom. The van der Waals surface area contributed by atoms with Crippen molar-refractivity contribution in [1.29, 1.82) is 0 Å². The molecule has 1 aliphatic rings. The highest BCUT2D eigenvalue weighted by molar-refractivity contribution is 5.85. The first-order valence-corrected chi connectivity index (χ1v) is 6.02. The smallest absolute Gasteiger partial charge is 0.308 e. The lowest BCUT2D eigenvalue weighted by Gasteiger charge is -2.36. The molecular formula is C12H21NO4. The van der Waals surface area contributed by atoms with Crippen LogP contribution in [0.2, 0.25) is 0 Å². The van der Waals surface area contributed by atoms with Crippen LogP contribution in [0.1, 0.15) is 33.1 Å². The average molecular weight is 243 g/mol. The summed E-state index contributed by atoms with van der Waals surface area (Å²) in [4.78, 5) is 24.8. The van der Waals surface area contributed by atoms with Crippen molar-refractivity contribution in [3.8, 4) is 0 Å². The Labute approximate surface area is 102 Å². The summed E-state index contributed by atoms with van der Waals surface area (Å²) < 4.78 is 5.26. The third-order valence-electron chi connectivity index (χ3n) is 3.64. The van der Waals surface area contributed by atoms with Crippen LogP contribution >= 0.6 is 0 Å². The van der Waals surface area contributed by atoms with Gasteiger partial charge in [0.1, 0.15) is 5.60 Å². The second-order valence-electron chi connectivity index (χ2n) is 4.72. The van der Waals surface area contributed by atoms with Crippen LogP contribution in [0.15, 0.2) is 0 Å². The van der Waals surface area contributed by atoms with Crippen LogP contribution < -0.4 is 0 Å². The summed E-state index contributed by atoms with van der Waals surface area (Å²) in [5.41, 5.74) is -0.833. The minimum Gasteiger partial charge on any atom is -0.481 e. The average Bonchev–Trinajstić information content (AvgIpc) is 2.37. The number of rotatable bonds is 4. The van der Waals surface area contributed by atoms with Crippen LogP contribution in [-0.4, -0.2) is 47.7 Å². The van der Waals surface area contributed by atoms with Gasteiger partial charge in [0.25, 0.3) is 5.91 Å². The maximum Gasteiger partial charge on any atom is 0.308 e. The molecule has 0 aromatic carbocycles. The molecule has 1 heterocycles. The van der Waals surface area contributed by atoms with Crippen molar-refractivity contribution in [2.24, 2.45) is 5.92 Å². The third kappa shape index (κ3) is 2.97. The van der Waals surface area contributed by atoms with Crippen molar-refractivity contribution in [2.45, 2.75) is 38.7 Å². The lowest BCUT2D eigenvalue weighted by molar-refractivity contribution is -0.157. The molecule has 1 saturated heterocycles. The van der Waals surface area contributed by atoms with E-state index in [2.05, 4.69) is 0 Å². The zero-order chi connectivity index (χ0) is 13.1. The normalized spacial score (nSPS) is 24.2. The molecular weight excluding hydrogens is 222 g/mol. The Kier molecular flexibility index (Phi) is 4.51. The third-order valence-corrected chi connectivity index (χ3v) is 3.64. The van der Waals surface area contributed by atoms with E-state index in [1.807, 2.05) is 6.92 Å². The van der Waals surface area contributed by atoms with Crippen LogP contribution in [-0.2, 0) is 14.3 Å². The van der Waals surface area contributed by atoms with E-state index in [9.17, 15) is 9.59 Å². The molecule has 5 heteroatoms. The van der Waals surface area contributed by atoms with Gasteiger partial charge in [-0.1, -0.05) is 6.92 Å². The van der Waals surface area contributed by atoms with Gasteiger partial charge in [-0.05, 0) is 26.2 Å². The zero-order valence-electron chi connectivity index (χ0n) is 10.7. The molecule has 0 spiro atoms. The number of likely N-dealkylation sites (tertiary alicyclic amines) is 1. The Hall–Kier alpha value is -1.10. The van der Waals surface area contributed by atoms with Gasteiger partial charge in [0.15, 0.2) is 0 Å². The van der Waals surface area contributed by atoms with Gasteiger partial charge in [0.2, 0.25) is 0 Å². The fourth-order valence-electron chi connectivity index (χ4n) is 2.08. The number of methoxy groups -OCH3 is 1. The van der Waals surface area contributed by atoms with Crippen molar-refractivity contribution in [3.05, 3.63) is 0 Å². The van der Waals surface area contributed by atoms with Gasteiger partial charge in [-0.2, -0.15) is 0 Å². The Morgan fingerprint density at radius 2 is 2.18 bits per heavy atom. The molecule has 1 unspecified atom stereocenters. The number of carbonyl (C=O) groups is 2. The first-order valence-electron chi connectivity index (χ1n) is 6.02. The standard InChI is InChI=1S/C12H21NO4/c1-4-12(2,17-3)11(16)13-7-5-6-9(8-13)10(14)15/h9H,4-8H2,1-3H3,(H,14,15)/t9-,12?/m1/s1. The highest BCUT2D eigenvalue weighted by atomic mass is 16.5. The van der Waals surface area contributed by atoms with Crippen molar-refractivity contribution in [2.75, 3.05) is 20.2 Å². The van der Waals surface area contributed by atoms with Crippen LogP contribution in [0.5, 0.6) is 0 Å². The topological polar surface area (TPSA) is 66.8 Å². The maximum absolute atomic E-state index is 12.3. The highest BCUT2D eigenvalue weighted by Gasteiger charge is 2.38. The fourth-order valence-corrected chi connectivity index (χ4v) is 2.08. The molecule has 1 rings (SSSR count). The first-order chi connectivity index (χ1) is 7.94. The Bertz CT molecular complexity index is 299. The number of ether oxygens (including phenoxy) is 1.